The number of amides is 1. The Hall–Kier alpha value is -2.51. The number of aryl methyl sites for hydroxylation is 1. The van der Waals surface area contributed by atoms with Gasteiger partial charge in [0.2, 0.25) is 5.91 Å². The van der Waals surface area contributed by atoms with Gasteiger partial charge in [0.1, 0.15) is 0 Å². The van der Waals surface area contributed by atoms with Crippen LogP contribution in [0.3, 0.4) is 0 Å². The lowest BCUT2D eigenvalue weighted by atomic mass is 10.2. The third kappa shape index (κ3) is 4.81. The summed E-state index contributed by atoms with van der Waals surface area (Å²) in [5, 5.41) is 2.56. The van der Waals surface area contributed by atoms with Crippen LogP contribution in [0, 0.1) is 0 Å². The molecule has 0 aliphatic rings. The van der Waals surface area contributed by atoms with Crippen LogP contribution in [-0.2, 0) is 11.3 Å². The summed E-state index contributed by atoms with van der Waals surface area (Å²) < 4.78 is 2.32. The van der Waals surface area contributed by atoms with E-state index >= 15 is 0 Å². The molecule has 0 unspecified atom stereocenters. The van der Waals surface area contributed by atoms with Gasteiger partial charge in [0.15, 0.2) is 5.13 Å². The second-order valence-electron chi connectivity index (χ2n) is 5.80. The SMILES string of the molecule is C=CCN(C(=O)CCn1cc(Br)ccc1=O)c1nc(-c2ccccc2)cs1. The first kappa shape index (κ1) is 19.3. The average molecular weight is 444 g/mol. The molecule has 1 aromatic carbocycles. The summed E-state index contributed by atoms with van der Waals surface area (Å²) in [4.78, 5) is 30.9. The number of anilines is 1. The number of thiazole rings is 1. The van der Waals surface area contributed by atoms with Crippen molar-refractivity contribution < 1.29 is 4.79 Å². The van der Waals surface area contributed by atoms with Crippen LogP contribution in [0.5, 0.6) is 0 Å². The second kappa shape index (κ2) is 8.92. The Kier molecular flexibility index (Phi) is 6.36. The van der Waals surface area contributed by atoms with Gasteiger partial charge in [-0.1, -0.05) is 36.4 Å². The Balaban J connectivity index is 1.76. The molecule has 5 nitrogen and oxygen atoms in total. The molecule has 7 heteroatoms. The number of benzene rings is 1. The summed E-state index contributed by atoms with van der Waals surface area (Å²) in [5.74, 6) is -0.101. The summed E-state index contributed by atoms with van der Waals surface area (Å²) >= 11 is 4.76. The maximum atomic E-state index is 12.8. The van der Waals surface area contributed by atoms with Gasteiger partial charge in [-0.2, -0.15) is 0 Å². The maximum absolute atomic E-state index is 12.8. The minimum Gasteiger partial charge on any atom is -0.314 e. The van der Waals surface area contributed by atoms with Crippen LogP contribution in [0.25, 0.3) is 11.3 Å². The van der Waals surface area contributed by atoms with Gasteiger partial charge in [0, 0.05) is 47.2 Å². The molecule has 3 aromatic rings. The van der Waals surface area contributed by atoms with E-state index in [2.05, 4.69) is 27.5 Å². The van der Waals surface area contributed by atoms with E-state index in [1.165, 1.54) is 22.0 Å². The van der Waals surface area contributed by atoms with Crippen LogP contribution < -0.4 is 10.5 Å². The van der Waals surface area contributed by atoms with Crippen molar-refractivity contribution >= 4 is 38.3 Å². The fourth-order valence-electron chi connectivity index (χ4n) is 2.57. The minimum atomic E-state index is -0.137. The highest BCUT2D eigenvalue weighted by molar-refractivity contribution is 9.10. The Labute approximate surface area is 169 Å². The fourth-order valence-corrected chi connectivity index (χ4v) is 3.81. The maximum Gasteiger partial charge on any atom is 0.250 e. The van der Waals surface area contributed by atoms with Crippen molar-refractivity contribution in [3.8, 4) is 11.3 Å². The van der Waals surface area contributed by atoms with Gasteiger partial charge < -0.3 is 4.57 Å². The van der Waals surface area contributed by atoms with E-state index in [4.69, 9.17) is 0 Å². The summed E-state index contributed by atoms with van der Waals surface area (Å²) in [5.41, 5.74) is 1.70. The predicted octanol–water partition coefficient (Wildman–Crippen LogP) is 4.34. The summed E-state index contributed by atoms with van der Waals surface area (Å²) in [6.07, 6.45) is 3.56. The van der Waals surface area contributed by atoms with Crippen molar-refractivity contribution in [2.45, 2.75) is 13.0 Å². The van der Waals surface area contributed by atoms with E-state index in [1.807, 2.05) is 35.7 Å². The highest BCUT2D eigenvalue weighted by atomic mass is 79.9. The molecule has 0 N–H and O–H groups in total. The van der Waals surface area contributed by atoms with E-state index < -0.39 is 0 Å². The summed E-state index contributed by atoms with van der Waals surface area (Å²) in [6.45, 7) is 4.42. The molecule has 1 amide bonds. The summed E-state index contributed by atoms with van der Waals surface area (Å²) in [6, 6.07) is 13.0. The smallest absolute Gasteiger partial charge is 0.250 e. The first-order valence-electron chi connectivity index (χ1n) is 8.36. The zero-order valence-corrected chi connectivity index (χ0v) is 16.9. The third-order valence-electron chi connectivity index (χ3n) is 3.92. The van der Waals surface area contributed by atoms with E-state index in [9.17, 15) is 9.59 Å². The standard InChI is InChI=1S/C20H18BrN3O2S/c1-2-11-24(19(26)10-12-23-13-16(21)8-9-18(23)25)20-22-17(14-27-20)15-6-4-3-5-7-15/h2-9,13-14H,1,10-12H2. The topological polar surface area (TPSA) is 55.2 Å². The van der Waals surface area contributed by atoms with E-state index in [0.717, 1.165) is 15.7 Å². The van der Waals surface area contributed by atoms with E-state index in [1.54, 1.807) is 23.2 Å². The zero-order chi connectivity index (χ0) is 19.2. The molecule has 0 bridgehead atoms. The molecule has 2 aromatic heterocycles. The Bertz CT molecular complexity index is 998. The third-order valence-corrected chi connectivity index (χ3v) is 5.25. The Morgan fingerprint density at radius 3 is 2.78 bits per heavy atom. The Morgan fingerprint density at radius 1 is 1.26 bits per heavy atom. The number of nitrogens with zero attached hydrogens (tertiary/aromatic N) is 3. The van der Waals surface area contributed by atoms with E-state index in [-0.39, 0.29) is 17.9 Å². The van der Waals surface area contributed by atoms with Gasteiger partial charge in [-0.15, -0.1) is 17.9 Å². The van der Waals surface area contributed by atoms with Crippen LogP contribution in [0.15, 0.2) is 76.0 Å². The van der Waals surface area contributed by atoms with Crippen molar-refractivity contribution in [2.24, 2.45) is 0 Å². The predicted molar refractivity (Wildman–Crippen MR) is 113 cm³/mol. The van der Waals surface area contributed by atoms with Crippen molar-refractivity contribution in [2.75, 3.05) is 11.4 Å². The van der Waals surface area contributed by atoms with Gasteiger partial charge in [-0.3, -0.25) is 14.5 Å². The largest absolute Gasteiger partial charge is 0.314 e. The molecule has 0 radical (unpaired) electrons. The molecule has 0 spiro atoms. The molecule has 0 atom stereocenters. The Morgan fingerprint density at radius 2 is 2.04 bits per heavy atom. The van der Waals surface area contributed by atoms with Gasteiger partial charge in [0.25, 0.3) is 5.56 Å². The van der Waals surface area contributed by atoms with Crippen molar-refractivity contribution in [1.82, 2.24) is 9.55 Å². The molecule has 0 saturated carbocycles. The molecule has 0 saturated heterocycles. The van der Waals surface area contributed by atoms with Crippen LogP contribution in [0.1, 0.15) is 6.42 Å². The first-order valence-corrected chi connectivity index (χ1v) is 10.0. The van der Waals surface area contributed by atoms with E-state index in [0.29, 0.717) is 18.2 Å². The highest BCUT2D eigenvalue weighted by Crippen LogP contribution is 2.27. The number of hydrogen-bond acceptors (Lipinski definition) is 4. The molecule has 0 aliphatic carbocycles. The number of pyridine rings is 1. The normalized spacial score (nSPS) is 10.6. The highest BCUT2D eigenvalue weighted by Gasteiger charge is 2.18. The van der Waals surface area contributed by atoms with Crippen LogP contribution in [0.2, 0.25) is 0 Å². The fraction of sp³-hybridized carbons (Fsp3) is 0.150. The van der Waals surface area contributed by atoms with Gasteiger partial charge in [0.05, 0.1) is 5.69 Å². The molecule has 138 valence electrons. The number of halogens is 1. The van der Waals surface area contributed by atoms with Crippen molar-refractivity contribution in [3.05, 3.63) is 81.5 Å². The minimum absolute atomic E-state index is 0.101. The van der Waals surface area contributed by atoms with Crippen LogP contribution in [0.4, 0.5) is 5.13 Å². The molecular weight excluding hydrogens is 426 g/mol. The molecule has 27 heavy (non-hydrogen) atoms. The van der Waals surface area contributed by atoms with Crippen molar-refractivity contribution in [1.29, 1.82) is 0 Å². The first-order chi connectivity index (χ1) is 13.1. The quantitative estimate of drug-likeness (QED) is 0.510. The lowest BCUT2D eigenvalue weighted by Crippen LogP contribution is -2.32. The molecule has 0 fully saturated rings. The number of hydrogen-bond donors (Lipinski definition) is 0. The van der Waals surface area contributed by atoms with Gasteiger partial charge in [-0.25, -0.2) is 4.98 Å². The number of aromatic nitrogens is 2. The van der Waals surface area contributed by atoms with Crippen molar-refractivity contribution in [3.63, 3.8) is 0 Å². The number of rotatable bonds is 7. The van der Waals surface area contributed by atoms with Crippen LogP contribution in [-0.4, -0.2) is 22.0 Å². The molecule has 2 heterocycles. The monoisotopic (exact) mass is 443 g/mol. The molecular formula is C20H18BrN3O2S. The lowest BCUT2D eigenvalue weighted by molar-refractivity contribution is -0.118. The zero-order valence-electron chi connectivity index (χ0n) is 14.5. The number of carbonyl (C=O) groups excluding carboxylic acids is 1. The summed E-state index contributed by atoms with van der Waals surface area (Å²) in [7, 11) is 0. The number of carbonyl (C=O) groups is 1. The van der Waals surface area contributed by atoms with Gasteiger partial charge >= 0.3 is 0 Å². The molecule has 0 aliphatic heterocycles. The second-order valence-corrected chi connectivity index (χ2v) is 7.56. The van der Waals surface area contributed by atoms with Crippen LogP contribution >= 0.6 is 27.3 Å². The average Bonchev–Trinajstić information content (AvgIpc) is 3.17. The lowest BCUT2D eigenvalue weighted by Gasteiger charge is -2.18. The van der Waals surface area contributed by atoms with Gasteiger partial charge in [-0.05, 0) is 22.0 Å². The molecule has 3 rings (SSSR count).